The van der Waals surface area contributed by atoms with E-state index in [1.165, 1.54) is 17.5 Å². The summed E-state index contributed by atoms with van der Waals surface area (Å²) in [5.74, 6) is 0.689. The summed E-state index contributed by atoms with van der Waals surface area (Å²) < 4.78 is 10.7. The summed E-state index contributed by atoms with van der Waals surface area (Å²) in [5.41, 5.74) is 2.61. The van der Waals surface area contributed by atoms with E-state index in [1.807, 2.05) is 30.4 Å². The molecule has 0 N–H and O–H groups in total. The number of rotatable bonds is 2. The second-order valence-electron chi connectivity index (χ2n) is 15.0. The van der Waals surface area contributed by atoms with Crippen molar-refractivity contribution in [3.05, 3.63) is 133 Å². The van der Waals surface area contributed by atoms with Crippen LogP contribution in [-0.2, 0) is 38.9 Å². The van der Waals surface area contributed by atoms with E-state index in [0.717, 1.165) is 57.8 Å². The van der Waals surface area contributed by atoms with Crippen molar-refractivity contribution in [2.75, 3.05) is 13.2 Å². The summed E-state index contributed by atoms with van der Waals surface area (Å²) in [6.45, 7) is 5.57. The van der Waals surface area contributed by atoms with Gasteiger partial charge in [0, 0.05) is 43.9 Å². The predicted molar refractivity (Wildman–Crippen MR) is 213 cm³/mol. The standard InChI is InChI=1S/C18H16O.C8H10O3.C8H12O.C7H10O.C6H8O/c19-17-11-13-18(14-12-17,15-7-3-1-4-8-15)16-9-5-2-6-10-16;9-7-1-3-8(4-2-7)10-5-6-11-8;1-8(2)5-3-7(9)4-6-8;8-7-5-3-1-2-4-6-7;7-6-4-2-1-3-5-6/h1-11,13H,12,14H2;1,3H,2,4-6H2;3,5H,4,6H2,1-2H3;3,5H,1-2,4,6H2;2,4H,1,3,5H2. The van der Waals surface area contributed by atoms with E-state index in [2.05, 4.69) is 68.5 Å². The molecule has 2 aromatic rings. The average molecular weight is 733 g/mol. The predicted octanol–water partition coefficient (Wildman–Crippen LogP) is 9.45. The van der Waals surface area contributed by atoms with Crippen LogP contribution in [0.2, 0.25) is 0 Å². The number of carbonyl (C=O) groups excluding carboxylic acids is 5. The van der Waals surface area contributed by atoms with Crippen LogP contribution in [0.1, 0.15) is 108 Å². The Morgan fingerprint density at radius 3 is 1.35 bits per heavy atom. The van der Waals surface area contributed by atoms with Crippen LogP contribution in [0.15, 0.2) is 121 Å². The number of hydrogen-bond donors (Lipinski definition) is 0. The average Bonchev–Trinajstić information content (AvgIpc) is 3.52. The first-order valence-corrected chi connectivity index (χ1v) is 19.4. The van der Waals surface area contributed by atoms with Crippen LogP contribution in [0.4, 0.5) is 0 Å². The molecule has 54 heavy (non-hydrogen) atoms. The molecule has 0 atom stereocenters. The SMILES string of the molecule is CC1(C)C=CC(=O)CC1.O=C1C=CC(c2ccccc2)(c2ccccc2)CC1.O=C1C=CC2(CC1)OCCO2.O=C1C=CCCC1.O=C1C=CCCCC1. The minimum atomic E-state index is -0.548. The Bertz CT molecular complexity index is 1660. The van der Waals surface area contributed by atoms with Crippen LogP contribution in [-0.4, -0.2) is 47.9 Å². The van der Waals surface area contributed by atoms with Gasteiger partial charge < -0.3 is 9.47 Å². The van der Waals surface area contributed by atoms with Gasteiger partial charge in [-0.1, -0.05) is 98.8 Å². The molecule has 1 saturated heterocycles. The summed E-state index contributed by atoms with van der Waals surface area (Å²) in [6.07, 6.45) is 29.5. The van der Waals surface area contributed by atoms with Gasteiger partial charge in [0.05, 0.1) is 13.2 Å². The normalized spacial score (nSPS) is 21.6. The second-order valence-corrected chi connectivity index (χ2v) is 15.0. The zero-order valence-electron chi connectivity index (χ0n) is 32.0. The van der Waals surface area contributed by atoms with E-state index in [4.69, 9.17) is 9.47 Å². The third kappa shape index (κ3) is 14.0. The van der Waals surface area contributed by atoms with E-state index in [1.54, 1.807) is 36.5 Å². The van der Waals surface area contributed by atoms with Gasteiger partial charge in [0.15, 0.2) is 34.7 Å². The van der Waals surface area contributed by atoms with Gasteiger partial charge in [-0.05, 0) is 97.9 Å². The lowest BCUT2D eigenvalue weighted by Crippen LogP contribution is -2.30. The molecule has 1 spiro atoms. The van der Waals surface area contributed by atoms with E-state index < -0.39 is 5.79 Å². The smallest absolute Gasteiger partial charge is 0.188 e. The fraction of sp³-hybridized carbons (Fsp3) is 0.426. The number of benzene rings is 2. The van der Waals surface area contributed by atoms with E-state index in [-0.39, 0.29) is 34.0 Å². The van der Waals surface area contributed by atoms with Crippen LogP contribution in [0.3, 0.4) is 0 Å². The Morgan fingerprint density at radius 2 is 0.926 bits per heavy atom. The van der Waals surface area contributed by atoms with Gasteiger partial charge in [-0.25, -0.2) is 0 Å². The Hall–Kier alpha value is -4.59. The van der Waals surface area contributed by atoms with Gasteiger partial charge >= 0.3 is 0 Å². The van der Waals surface area contributed by atoms with Gasteiger partial charge in [-0.2, -0.15) is 0 Å². The molecule has 0 amide bonds. The first-order valence-electron chi connectivity index (χ1n) is 19.4. The third-order valence-electron chi connectivity index (χ3n) is 10.1. The quantitative estimate of drug-likeness (QED) is 0.303. The number of allylic oxidation sites excluding steroid dienone is 9. The zero-order valence-corrected chi connectivity index (χ0v) is 32.0. The number of ether oxygens (including phenoxy) is 2. The maximum Gasteiger partial charge on any atom is 0.188 e. The molecule has 0 saturated carbocycles. The largest absolute Gasteiger partial charge is 0.344 e. The van der Waals surface area contributed by atoms with Crippen molar-refractivity contribution >= 4 is 28.9 Å². The van der Waals surface area contributed by atoms with Crippen LogP contribution >= 0.6 is 0 Å². The molecule has 1 heterocycles. The van der Waals surface area contributed by atoms with Crippen LogP contribution in [0.5, 0.6) is 0 Å². The zero-order chi connectivity index (χ0) is 38.7. The summed E-state index contributed by atoms with van der Waals surface area (Å²) in [7, 11) is 0. The van der Waals surface area contributed by atoms with E-state index in [9.17, 15) is 24.0 Å². The molecular formula is C47H56O7. The summed E-state index contributed by atoms with van der Waals surface area (Å²) >= 11 is 0. The minimum Gasteiger partial charge on any atom is -0.344 e. The van der Waals surface area contributed by atoms with Crippen molar-refractivity contribution in [2.24, 2.45) is 5.41 Å². The number of carbonyl (C=O) groups is 5. The highest BCUT2D eigenvalue weighted by atomic mass is 16.7. The van der Waals surface area contributed by atoms with E-state index in [0.29, 0.717) is 38.3 Å². The number of ketones is 5. The van der Waals surface area contributed by atoms with Crippen molar-refractivity contribution in [1.82, 2.24) is 0 Å². The number of hydrogen-bond acceptors (Lipinski definition) is 7. The molecule has 5 aliphatic carbocycles. The first-order chi connectivity index (χ1) is 26.0. The lowest BCUT2D eigenvalue weighted by molar-refractivity contribution is -0.136. The highest BCUT2D eigenvalue weighted by Gasteiger charge is 2.36. The maximum absolute atomic E-state index is 11.5. The molecule has 7 nitrogen and oxygen atoms in total. The summed E-state index contributed by atoms with van der Waals surface area (Å²) in [6, 6.07) is 20.9. The fourth-order valence-electron chi connectivity index (χ4n) is 6.72. The van der Waals surface area contributed by atoms with Gasteiger partial charge in [0.25, 0.3) is 0 Å². The Balaban J connectivity index is 0.000000160. The van der Waals surface area contributed by atoms with Crippen molar-refractivity contribution in [3.8, 4) is 0 Å². The fourth-order valence-corrected chi connectivity index (χ4v) is 6.72. The van der Waals surface area contributed by atoms with Crippen molar-refractivity contribution in [3.63, 3.8) is 0 Å². The Kier molecular flexibility index (Phi) is 16.7. The molecule has 0 unspecified atom stereocenters. The second kappa shape index (κ2) is 21.3. The highest BCUT2D eigenvalue weighted by Crippen LogP contribution is 2.40. The minimum absolute atomic E-state index is 0.156. The van der Waals surface area contributed by atoms with Gasteiger partial charge in [-0.15, -0.1) is 0 Å². The Labute approximate surface area is 321 Å². The third-order valence-corrected chi connectivity index (χ3v) is 10.1. The molecule has 7 heteroatoms. The van der Waals surface area contributed by atoms with Gasteiger partial charge in [-0.3, -0.25) is 24.0 Å². The summed E-state index contributed by atoms with van der Waals surface area (Å²) in [4.78, 5) is 54.0. The van der Waals surface area contributed by atoms with E-state index >= 15 is 0 Å². The first kappa shape index (κ1) is 42.2. The monoisotopic (exact) mass is 732 g/mol. The van der Waals surface area contributed by atoms with Crippen molar-refractivity contribution < 1.29 is 33.4 Å². The molecule has 0 radical (unpaired) electrons. The van der Waals surface area contributed by atoms with Crippen molar-refractivity contribution in [2.45, 2.75) is 109 Å². The lowest BCUT2D eigenvalue weighted by atomic mass is 9.68. The molecule has 0 aromatic heterocycles. The van der Waals surface area contributed by atoms with Crippen LogP contribution in [0, 0.1) is 5.41 Å². The maximum atomic E-state index is 11.5. The summed E-state index contributed by atoms with van der Waals surface area (Å²) in [5, 5.41) is 0. The molecule has 0 bridgehead atoms. The topological polar surface area (TPSA) is 104 Å². The van der Waals surface area contributed by atoms with Crippen molar-refractivity contribution in [1.29, 1.82) is 0 Å². The molecule has 8 rings (SSSR count). The molecule has 286 valence electrons. The van der Waals surface area contributed by atoms with Gasteiger partial charge in [0.2, 0.25) is 0 Å². The molecule has 2 aromatic carbocycles. The molecule has 6 aliphatic rings. The van der Waals surface area contributed by atoms with Crippen LogP contribution < -0.4 is 0 Å². The molecule has 1 fully saturated rings. The molecular weight excluding hydrogens is 677 g/mol. The molecule has 1 aliphatic heterocycles. The lowest BCUT2D eigenvalue weighted by Gasteiger charge is -2.34. The Morgan fingerprint density at radius 1 is 0.463 bits per heavy atom. The van der Waals surface area contributed by atoms with Crippen LogP contribution in [0.25, 0.3) is 0 Å². The highest BCUT2D eigenvalue weighted by molar-refractivity contribution is 5.92. The van der Waals surface area contributed by atoms with Gasteiger partial charge in [0.1, 0.15) is 0 Å².